The Morgan fingerprint density at radius 3 is 2.39 bits per heavy atom. The van der Waals surface area contributed by atoms with E-state index in [0.29, 0.717) is 6.54 Å². The van der Waals surface area contributed by atoms with Crippen LogP contribution in [0, 0.1) is 5.92 Å². The highest BCUT2D eigenvalue weighted by atomic mass is 16.1. The lowest BCUT2D eigenvalue weighted by atomic mass is 9.89. The zero-order valence-corrected chi connectivity index (χ0v) is 12.6. The van der Waals surface area contributed by atoms with Gasteiger partial charge in [0, 0.05) is 19.6 Å². The van der Waals surface area contributed by atoms with Crippen molar-refractivity contribution in [2.75, 3.05) is 33.2 Å². The molecule has 0 aliphatic heterocycles. The van der Waals surface area contributed by atoms with Gasteiger partial charge >= 0.3 is 0 Å². The molecule has 1 N–H and O–H groups in total. The van der Waals surface area contributed by atoms with E-state index in [2.05, 4.69) is 31.1 Å². The molecule has 0 unspecified atom stereocenters. The number of carbonyl (C=O) groups excluding carboxylic acids is 1. The maximum absolute atomic E-state index is 10.1. The maximum atomic E-state index is 10.1. The summed E-state index contributed by atoms with van der Waals surface area (Å²) < 4.78 is 0. The first kappa shape index (κ1) is 17.6. The smallest absolute Gasteiger partial charge is 0.133 e. The van der Waals surface area contributed by atoms with Crippen LogP contribution in [-0.4, -0.2) is 44.4 Å². The van der Waals surface area contributed by atoms with E-state index < -0.39 is 0 Å². The lowest BCUT2D eigenvalue weighted by molar-refractivity contribution is -0.107. The summed E-state index contributed by atoms with van der Waals surface area (Å²) in [5.41, 5.74) is 0. The molecular formula is C15H32N2O. The zero-order valence-electron chi connectivity index (χ0n) is 12.6. The third kappa shape index (κ3) is 10.7. The summed E-state index contributed by atoms with van der Waals surface area (Å²) in [7, 11) is 2.18. The van der Waals surface area contributed by atoms with Gasteiger partial charge in [-0.25, -0.2) is 0 Å². The van der Waals surface area contributed by atoms with Gasteiger partial charge in [0.15, 0.2) is 0 Å². The van der Waals surface area contributed by atoms with E-state index in [1.54, 1.807) is 0 Å². The molecule has 1 fully saturated rings. The Labute approximate surface area is 113 Å². The molecule has 0 aromatic heterocycles. The minimum atomic E-state index is 0.483. The monoisotopic (exact) mass is 256 g/mol. The van der Waals surface area contributed by atoms with Crippen molar-refractivity contribution in [1.82, 2.24) is 10.2 Å². The predicted molar refractivity (Wildman–Crippen MR) is 79.0 cm³/mol. The second kappa shape index (κ2) is 13.0. The second-order valence-corrected chi connectivity index (χ2v) is 5.34. The molecule has 0 aromatic rings. The molecule has 0 atom stereocenters. The van der Waals surface area contributed by atoms with Crippen molar-refractivity contribution in [3.05, 3.63) is 0 Å². The summed E-state index contributed by atoms with van der Waals surface area (Å²) >= 11 is 0. The highest BCUT2D eigenvalue weighted by Gasteiger charge is 2.14. The minimum absolute atomic E-state index is 0.483. The van der Waals surface area contributed by atoms with Crippen LogP contribution in [0.25, 0.3) is 0 Å². The van der Waals surface area contributed by atoms with E-state index in [1.165, 1.54) is 45.1 Å². The summed E-state index contributed by atoms with van der Waals surface area (Å²) in [4.78, 5) is 12.5. The number of rotatable bonds is 7. The Hall–Kier alpha value is -0.410. The highest BCUT2D eigenvalue weighted by Crippen LogP contribution is 2.23. The van der Waals surface area contributed by atoms with Crippen LogP contribution in [-0.2, 0) is 4.79 Å². The first-order valence-electron chi connectivity index (χ1n) is 7.57. The normalized spacial score (nSPS) is 16.2. The number of nitrogens with zero attached hydrogens (tertiary/aromatic N) is 1. The third-order valence-corrected chi connectivity index (χ3v) is 3.19. The van der Waals surface area contributed by atoms with Crippen molar-refractivity contribution in [2.24, 2.45) is 5.92 Å². The van der Waals surface area contributed by atoms with Gasteiger partial charge in [0.1, 0.15) is 6.29 Å². The van der Waals surface area contributed by atoms with Gasteiger partial charge in [-0.2, -0.15) is 0 Å². The molecule has 1 aliphatic carbocycles. The minimum Gasteiger partial charge on any atom is -0.309 e. The second-order valence-electron chi connectivity index (χ2n) is 5.34. The van der Waals surface area contributed by atoms with E-state index >= 15 is 0 Å². The van der Waals surface area contributed by atoms with E-state index in [1.807, 2.05) is 0 Å². The van der Waals surface area contributed by atoms with Crippen LogP contribution in [0.2, 0.25) is 0 Å². The number of hydrogen-bond donors (Lipinski definition) is 1. The molecule has 18 heavy (non-hydrogen) atoms. The van der Waals surface area contributed by atoms with Crippen LogP contribution < -0.4 is 5.32 Å². The largest absolute Gasteiger partial charge is 0.309 e. The van der Waals surface area contributed by atoms with Crippen molar-refractivity contribution < 1.29 is 4.79 Å². The fourth-order valence-electron chi connectivity index (χ4n) is 2.33. The Morgan fingerprint density at radius 2 is 1.83 bits per heavy atom. The Morgan fingerprint density at radius 1 is 1.22 bits per heavy atom. The van der Waals surface area contributed by atoms with E-state index in [4.69, 9.17) is 0 Å². The zero-order chi connectivity index (χ0) is 13.6. The molecule has 0 saturated heterocycles. The molecule has 0 spiro atoms. The van der Waals surface area contributed by atoms with Gasteiger partial charge in [-0.05, 0) is 25.8 Å². The Bertz CT molecular complexity index is 179. The number of nitrogens with one attached hydrogen (secondary N) is 1. The van der Waals surface area contributed by atoms with Crippen LogP contribution in [0.4, 0.5) is 0 Å². The van der Waals surface area contributed by atoms with Crippen LogP contribution >= 0.6 is 0 Å². The molecule has 1 aliphatic rings. The average Bonchev–Trinajstić information content (AvgIpc) is 2.37. The van der Waals surface area contributed by atoms with Crippen LogP contribution in [0.1, 0.15) is 52.4 Å². The molecular weight excluding hydrogens is 224 g/mol. The van der Waals surface area contributed by atoms with E-state index in [9.17, 15) is 4.79 Å². The highest BCUT2D eigenvalue weighted by molar-refractivity contribution is 5.51. The number of carbonyl (C=O) groups is 1. The van der Waals surface area contributed by atoms with Gasteiger partial charge < -0.3 is 15.0 Å². The summed E-state index contributed by atoms with van der Waals surface area (Å²) in [6, 6.07) is 0. The number of hydrogen-bond acceptors (Lipinski definition) is 3. The SMILES string of the molecule is CCC.CN(CCNCC=O)CC1CCCCC1. The van der Waals surface area contributed by atoms with Gasteiger partial charge in [0.25, 0.3) is 0 Å². The van der Waals surface area contributed by atoms with Gasteiger partial charge in [0.05, 0.1) is 6.54 Å². The van der Waals surface area contributed by atoms with Crippen LogP contribution in [0.5, 0.6) is 0 Å². The number of aldehydes is 1. The first-order chi connectivity index (χ1) is 8.74. The van der Waals surface area contributed by atoms with Crippen LogP contribution in [0.15, 0.2) is 0 Å². The van der Waals surface area contributed by atoms with Crippen molar-refractivity contribution in [1.29, 1.82) is 0 Å². The lowest BCUT2D eigenvalue weighted by Gasteiger charge is -2.26. The summed E-state index contributed by atoms with van der Waals surface area (Å²) in [6.45, 7) is 7.92. The molecule has 0 bridgehead atoms. The van der Waals surface area contributed by atoms with Crippen molar-refractivity contribution >= 4 is 6.29 Å². The van der Waals surface area contributed by atoms with Crippen molar-refractivity contribution in [3.63, 3.8) is 0 Å². The van der Waals surface area contributed by atoms with Crippen molar-refractivity contribution in [3.8, 4) is 0 Å². The molecule has 1 saturated carbocycles. The van der Waals surface area contributed by atoms with Gasteiger partial charge in [-0.15, -0.1) is 0 Å². The molecule has 3 nitrogen and oxygen atoms in total. The first-order valence-corrected chi connectivity index (χ1v) is 7.57. The lowest BCUT2D eigenvalue weighted by Crippen LogP contribution is -2.33. The molecule has 1 rings (SSSR count). The molecule has 0 heterocycles. The topological polar surface area (TPSA) is 32.3 Å². The maximum Gasteiger partial charge on any atom is 0.133 e. The van der Waals surface area contributed by atoms with Crippen LogP contribution in [0.3, 0.4) is 0 Å². The Kier molecular flexibility index (Phi) is 12.7. The summed E-state index contributed by atoms with van der Waals surface area (Å²) in [5.74, 6) is 0.912. The molecule has 0 amide bonds. The third-order valence-electron chi connectivity index (χ3n) is 3.19. The standard InChI is InChI=1S/C12H24N2O.C3H8/c1-14(9-7-13-8-10-15)11-12-5-3-2-4-6-12;1-3-2/h10,12-13H,2-9,11H2,1H3;3H2,1-2H3. The quantitative estimate of drug-likeness (QED) is 0.561. The van der Waals surface area contributed by atoms with Gasteiger partial charge in [-0.1, -0.05) is 39.5 Å². The van der Waals surface area contributed by atoms with Crippen molar-refractivity contribution in [2.45, 2.75) is 52.4 Å². The molecule has 0 radical (unpaired) electrons. The molecule has 0 aromatic carbocycles. The molecule has 3 heteroatoms. The fourth-order valence-corrected chi connectivity index (χ4v) is 2.33. The summed E-state index contributed by atoms with van der Waals surface area (Å²) in [6.07, 6.45) is 9.25. The number of likely N-dealkylation sites (N-methyl/N-ethyl adjacent to an activating group) is 1. The van der Waals surface area contributed by atoms with Gasteiger partial charge in [-0.3, -0.25) is 0 Å². The molecule has 108 valence electrons. The fraction of sp³-hybridized carbons (Fsp3) is 0.933. The average molecular weight is 256 g/mol. The van der Waals surface area contributed by atoms with E-state index in [-0.39, 0.29) is 0 Å². The summed E-state index contributed by atoms with van der Waals surface area (Å²) in [5, 5.41) is 3.09. The van der Waals surface area contributed by atoms with E-state index in [0.717, 1.165) is 25.3 Å². The Balaban J connectivity index is 0.000000873. The van der Waals surface area contributed by atoms with Gasteiger partial charge in [0.2, 0.25) is 0 Å². The predicted octanol–water partition coefficient (Wildman–Crippen LogP) is 2.70.